The fraction of sp³-hybridized carbons (Fsp3) is 0.909. The van der Waals surface area contributed by atoms with Gasteiger partial charge in [-0.25, -0.2) is 8.78 Å². The lowest BCUT2D eigenvalue weighted by atomic mass is 9.92. The third-order valence-electron chi connectivity index (χ3n) is 3.44. The number of alkyl halides is 2. The minimum atomic E-state index is -2.52. The van der Waals surface area contributed by atoms with E-state index < -0.39 is 5.92 Å². The Hall–Kier alpha value is -0.710. The summed E-state index contributed by atoms with van der Waals surface area (Å²) in [4.78, 5) is 11.7. The molecule has 3 nitrogen and oxygen atoms in total. The second-order valence-corrected chi connectivity index (χ2v) is 4.79. The maximum atomic E-state index is 12.9. The maximum Gasteiger partial charge on any atom is 0.248 e. The molecule has 2 aliphatic rings. The highest BCUT2D eigenvalue weighted by atomic mass is 19.3. The van der Waals surface area contributed by atoms with Crippen LogP contribution in [0.1, 0.15) is 38.5 Å². The van der Waals surface area contributed by atoms with Crippen LogP contribution in [0.5, 0.6) is 0 Å². The summed E-state index contributed by atoms with van der Waals surface area (Å²) in [6.45, 7) is 0.876. The van der Waals surface area contributed by atoms with Gasteiger partial charge in [0.15, 0.2) is 0 Å². The van der Waals surface area contributed by atoms with Gasteiger partial charge in [0.2, 0.25) is 11.8 Å². The second-order valence-electron chi connectivity index (χ2n) is 4.79. The number of halogens is 2. The topological polar surface area (TPSA) is 41.1 Å². The standard InChI is InChI=1S/C11H18F2N2O/c12-11(13)5-3-8(4-6-11)15-10(16)9-2-1-7-14-9/h8-9,14H,1-7H2,(H,15,16). The van der Waals surface area contributed by atoms with Crippen LogP contribution in [0.2, 0.25) is 0 Å². The van der Waals surface area contributed by atoms with E-state index in [0.29, 0.717) is 12.8 Å². The van der Waals surface area contributed by atoms with Gasteiger partial charge in [-0.05, 0) is 32.2 Å². The Morgan fingerprint density at radius 1 is 1.25 bits per heavy atom. The zero-order valence-electron chi connectivity index (χ0n) is 9.27. The average molecular weight is 232 g/mol. The van der Waals surface area contributed by atoms with Gasteiger partial charge in [0, 0.05) is 18.9 Å². The van der Waals surface area contributed by atoms with Crippen molar-refractivity contribution in [2.24, 2.45) is 0 Å². The fourth-order valence-corrected chi connectivity index (χ4v) is 2.39. The molecule has 0 spiro atoms. The highest BCUT2D eigenvalue weighted by Gasteiger charge is 2.36. The quantitative estimate of drug-likeness (QED) is 0.756. The van der Waals surface area contributed by atoms with Crippen molar-refractivity contribution in [3.63, 3.8) is 0 Å². The van der Waals surface area contributed by atoms with Crippen LogP contribution in [0.4, 0.5) is 8.78 Å². The minimum Gasteiger partial charge on any atom is -0.352 e. The van der Waals surface area contributed by atoms with Crippen molar-refractivity contribution in [3.05, 3.63) is 0 Å². The van der Waals surface area contributed by atoms with Crippen molar-refractivity contribution in [3.8, 4) is 0 Å². The van der Waals surface area contributed by atoms with Gasteiger partial charge >= 0.3 is 0 Å². The summed E-state index contributed by atoms with van der Waals surface area (Å²) in [7, 11) is 0. The van der Waals surface area contributed by atoms with Crippen LogP contribution in [-0.4, -0.2) is 30.5 Å². The Labute approximate surface area is 94.0 Å². The van der Waals surface area contributed by atoms with Crippen LogP contribution in [0.3, 0.4) is 0 Å². The molecule has 0 aromatic carbocycles. The molecule has 1 aliphatic carbocycles. The first-order chi connectivity index (χ1) is 7.57. The number of carbonyl (C=O) groups excluding carboxylic acids is 1. The molecular formula is C11H18F2N2O. The van der Waals surface area contributed by atoms with E-state index >= 15 is 0 Å². The summed E-state index contributed by atoms with van der Waals surface area (Å²) in [5.41, 5.74) is 0. The molecular weight excluding hydrogens is 214 g/mol. The maximum absolute atomic E-state index is 12.9. The van der Waals surface area contributed by atoms with Crippen molar-refractivity contribution < 1.29 is 13.6 Å². The molecule has 2 fully saturated rings. The largest absolute Gasteiger partial charge is 0.352 e. The number of carbonyl (C=O) groups is 1. The predicted molar refractivity (Wildman–Crippen MR) is 56.4 cm³/mol. The summed E-state index contributed by atoms with van der Waals surface area (Å²) < 4.78 is 25.8. The second kappa shape index (κ2) is 4.65. The molecule has 0 bridgehead atoms. The molecule has 1 amide bonds. The first-order valence-corrected chi connectivity index (χ1v) is 5.98. The Morgan fingerprint density at radius 2 is 1.94 bits per heavy atom. The molecule has 0 aromatic rings. The fourth-order valence-electron chi connectivity index (χ4n) is 2.39. The van der Waals surface area contributed by atoms with Crippen molar-refractivity contribution in [1.82, 2.24) is 10.6 Å². The van der Waals surface area contributed by atoms with Crippen LogP contribution in [0.15, 0.2) is 0 Å². The minimum absolute atomic E-state index is 0.0206. The van der Waals surface area contributed by atoms with Crippen LogP contribution in [0.25, 0.3) is 0 Å². The number of hydrogen-bond donors (Lipinski definition) is 2. The smallest absolute Gasteiger partial charge is 0.248 e. The van der Waals surface area contributed by atoms with Crippen molar-refractivity contribution >= 4 is 5.91 Å². The van der Waals surface area contributed by atoms with Crippen molar-refractivity contribution in [1.29, 1.82) is 0 Å². The van der Waals surface area contributed by atoms with Gasteiger partial charge in [-0.2, -0.15) is 0 Å². The van der Waals surface area contributed by atoms with Crippen LogP contribution in [0, 0.1) is 0 Å². The molecule has 16 heavy (non-hydrogen) atoms. The third kappa shape index (κ3) is 2.90. The lowest BCUT2D eigenvalue weighted by Crippen LogP contribution is -2.47. The Kier molecular flexibility index (Phi) is 3.42. The summed E-state index contributed by atoms with van der Waals surface area (Å²) in [5.74, 6) is -2.54. The van der Waals surface area contributed by atoms with Crippen LogP contribution >= 0.6 is 0 Å². The summed E-state index contributed by atoms with van der Waals surface area (Å²) in [6, 6.07) is -0.169. The highest BCUT2D eigenvalue weighted by Crippen LogP contribution is 2.33. The molecule has 92 valence electrons. The van der Waals surface area contributed by atoms with Gasteiger partial charge in [-0.1, -0.05) is 0 Å². The van der Waals surface area contributed by atoms with E-state index in [4.69, 9.17) is 0 Å². The van der Waals surface area contributed by atoms with E-state index in [2.05, 4.69) is 10.6 Å². The van der Waals surface area contributed by atoms with Crippen molar-refractivity contribution in [2.45, 2.75) is 56.5 Å². The third-order valence-corrected chi connectivity index (χ3v) is 3.44. The number of hydrogen-bond acceptors (Lipinski definition) is 2. The van der Waals surface area contributed by atoms with Gasteiger partial charge < -0.3 is 10.6 Å². The van der Waals surface area contributed by atoms with Gasteiger partial charge in [-0.15, -0.1) is 0 Å². The van der Waals surface area contributed by atoms with E-state index in [9.17, 15) is 13.6 Å². The zero-order chi connectivity index (χ0) is 11.6. The highest BCUT2D eigenvalue weighted by molar-refractivity contribution is 5.82. The Balaban J connectivity index is 1.76. The first-order valence-electron chi connectivity index (χ1n) is 5.98. The zero-order valence-corrected chi connectivity index (χ0v) is 9.27. The van der Waals surface area contributed by atoms with E-state index in [1.807, 2.05) is 0 Å². The van der Waals surface area contributed by atoms with Crippen LogP contribution < -0.4 is 10.6 Å². The van der Waals surface area contributed by atoms with Crippen LogP contribution in [-0.2, 0) is 4.79 Å². The predicted octanol–water partition coefficient (Wildman–Crippen LogP) is 1.43. The lowest BCUT2D eigenvalue weighted by Gasteiger charge is -2.29. The molecule has 1 atom stereocenters. The van der Waals surface area contributed by atoms with Gasteiger partial charge in [-0.3, -0.25) is 4.79 Å². The molecule has 1 saturated heterocycles. The summed E-state index contributed by atoms with van der Waals surface area (Å²) in [6.07, 6.45) is 2.46. The molecule has 1 unspecified atom stereocenters. The number of rotatable bonds is 2. The molecule has 2 rings (SSSR count). The molecule has 1 saturated carbocycles. The Morgan fingerprint density at radius 3 is 2.50 bits per heavy atom. The van der Waals surface area contributed by atoms with Crippen molar-refractivity contribution in [2.75, 3.05) is 6.54 Å². The Bertz CT molecular complexity index is 255. The van der Waals surface area contributed by atoms with E-state index in [0.717, 1.165) is 19.4 Å². The monoisotopic (exact) mass is 232 g/mol. The van der Waals surface area contributed by atoms with Gasteiger partial charge in [0.05, 0.1) is 6.04 Å². The van der Waals surface area contributed by atoms with Gasteiger partial charge in [0.25, 0.3) is 0 Å². The van der Waals surface area contributed by atoms with E-state index in [1.165, 1.54) is 0 Å². The molecule has 5 heteroatoms. The first kappa shape index (κ1) is 11.8. The normalized spacial score (nSPS) is 30.2. The molecule has 0 aromatic heterocycles. The summed E-state index contributed by atoms with van der Waals surface area (Å²) >= 11 is 0. The molecule has 0 radical (unpaired) electrons. The van der Waals surface area contributed by atoms with E-state index in [-0.39, 0.29) is 30.8 Å². The number of amides is 1. The lowest BCUT2D eigenvalue weighted by molar-refractivity contribution is -0.124. The SMILES string of the molecule is O=C(NC1CCC(F)(F)CC1)C1CCCN1. The van der Waals surface area contributed by atoms with Gasteiger partial charge in [0.1, 0.15) is 0 Å². The number of nitrogens with one attached hydrogen (secondary N) is 2. The van der Waals surface area contributed by atoms with E-state index in [1.54, 1.807) is 0 Å². The average Bonchev–Trinajstić information content (AvgIpc) is 2.74. The molecule has 2 N–H and O–H groups in total. The molecule has 1 heterocycles. The summed E-state index contributed by atoms with van der Waals surface area (Å²) in [5, 5.41) is 5.97. The molecule has 1 aliphatic heterocycles.